The zero-order chi connectivity index (χ0) is 28.4. The van der Waals surface area contributed by atoms with E-state index in [1.54, 1.807) is 36.4 Å². The van der Waals surface area contributed by atoms with E-state index in [4.69, 9.17) is 30.2 Å². The van der Waals surface area contributed by atoms with Gasteiger partial charge >= 0.3 is 0 Å². The number of ether oxygens (including phenoxy) is 3. The standard InChI is InChI=1S/C31H28ClNO7/c1-18-4-6-19(7-5-18)17-39-23-10-8-20(9-11-23)27-26(29(35)31(36)33(27)12-13-37-2)28(34)24-15-21-14-22(32)16-25(38-3)30(21)40-24/h4-11,14-16,27,35H,12-13,17H2,1-3H3. The number of amides is 1. The number of aryl methyl sites for hydroxylation is 1. The number of rotatable bonds is 10. The molecule has 8 nitrogen and oxygen atoms in total. The van der Waals surface area contributed by atoms with E-state index in [-0.39, 0.29) is 24.5 Å². The maximum absolute atomic E-state index is 13.8. The summed E-state index contributed by atoms with van der Waals surface area (Å²) in [5, 5.41) is 11.9. The molecule has 0 fully saturated rings. The summed E-state index contributed by atoms with van der Waals surface area (Å²) in [6.45, 7) is 2.80. The maximum atomic E-state index is 13.8. The van der Waals surface area contributed by atoms with Gasteiger partial charge < -0.3 is 28.6 Å². The largest absolute Gasteiger partial charge is 0.503 e. The Morgan fingerprint density at radius 1 is 1.05 bits per heavy atom. The number of furan rings is 1. The molecule has 0 saturated heterocycles. The summed E-state index contributed by atoms with van der Waals surface area (Å²) in [6.07, 6.45) is 0. The molecule has 0 bridgehead atoms. The number of benzene rings is 3. The molecule has 9 heteroatoms. The van der Waals surface area contributed by atoms with Gasteiger partial charge in [-0.3, -0.25) is 9.59 Å². The Bertz CT molecular complexity index is 1590. The van der Waals surface area contributed by atoms with Crippen molar-refractivity contribution in [2.24, 2.45) is 0 Å². The zero-order valence-electron chi connectivity index (χ0n) is 22.3. The molecule has 0 aliphatic carbocycles. The Hall–Kier alpha value is -4.27. The molecule has 1 aliphatic rings. The molecule has 0 spiro atoms. The van der Waals surface area contributed by atoms with Crippen LogP contribution in [0, 0.1) is 6.92 Å². The van der Waals surface area contributed by atoms with Crippen LogP contribution in [0.1, 0.15) is 33.3 Å². The average molecular weight is 562 g/mol. The van der Waals surface area contributed by atoms with E-state index < -0.39 is 23.5 Å². The lowest BCUT2D eigenvalue weighted by atomic mass is 9.95. The van der Waals surface area contributed by atoms with Gasteiger partial charge in [-0.25, -0.2) is 0 Å². The summed E-state index contributed by atoms with van der Waals surface area (Å²) in [5.74, 6) is -0.981. The summed E-state index contributed by atoms with van der Waals surface area (Å²) < 4.78 is 22.3. The molecule has 2 heterocycles. The topological polar surface area (TPSA) is 98.4 Å². The van der Waals surface area contributed by atoms with Crippen molar-refractivity contribution in [2.45, 2.75) is 19.6 Å². The molecular weight excluding hydrogens is 534 g/mol. The first kappa shape index (κ1) is 27.3. The lowest BCUT2D eigenvalue weighted by molar-refractivity contribution is -0.130. The molecule has 1 N–H and O–H groups in total. The predicted octanol–water partition coefficient (Wildman–Crippen LogP) is 6.21. The van der Waals surface area contributed by atoms with Crippen LogP contribution >= 0.6 is 11.6 Å². The first-order valence-electron chi connectivity index (χ1n) is 12.6. The number of Topliss-reactive ketones (excluding diaryl/α,β-unsaturated/α-hetero) is 1. The SMILES string of the molecule is COCCN1C(=O)C(O)=C(C(=O)c2cc3cc(Cl)cc(OC)c3o2)C1c1ccc(OCc2ccc(C)cc2)cc1. The molecule has 4 aromatic rings. The Kier molecular flexibility index (Phi) is 7.82. The molecule has 3 aromatic carbocycles. The fraction of sp³-hybridized carbons (Fsp3) is 0.226. The number of methoxy groups -OCH3 is 2. The Morgan fingerprint density at radius 2 is 1.77 bits per heavy atom. The minimum Gasteiger partial charge on any atom is -0.503 e. The summed E-state index contributed by atoms with van der Waals surface area (Å²) in [7, 11) is 2.99. The van der Waals surface area contributed by atoms with Crippen molar-refractivity contribution in [2.75, 3.05) is 27.4 Å². The molecule has 1 amide bonds. The van der Waals surface area contributed by atoms with Crippen molar-refractivity contribution in [1.82, 2.24) is 4.90 Å². The number of fused-ring (bicyclic) bond motifs is 1. The van der Waals surface area contributed by atoms with Crippen LogP contribution in [0.15, 0.2) is 82.5 Å². The lowest BCUT2D eigenvalue weighted by Gasteiger charge is -2.26. The number of halogens is 1. The van der Waals surface area contributed by atoms with Crippen molar-refractivity contribution in [1.29, 1.82) is 0 Å². The van der Waals surface area contributed by atoms with Crippen molar-refractivity contribution in [3.63, 3.8) is 0 Å². The number of nitrogens with zero attached hydrogens (tertiary/aromatic N) is 1. The van der Waals surface area contributed by atoms with Crippen molar-refractivity contribution >= 4 is 34.3 Å². The van der Waals surface area contributed by atoms with Crippen molar-refractivity contribution in [3.05, 3.63) is 106 Å². The molecule has 1 unspecified atom stereocenters. The van der Waals surface area contributed by atoms with Gasteiger partial charge in [-0.2, -0.15) is 0 Å². The van der Waals surface area contributed by atoms with E-state index in [9.17, 15) is 14.7 Å². The summed E-state index contributed by atoms with van der Waals surface area (Å²) in [4.78, 5) is 28.3. The van der Waals surface area contributed by atoms with Gasteiger partial charge in [-0.1, -0.05) is 53.6 Å². The minimum atomic E-state index is -0.861. The molecular formula is C31H28ClNO7. The van der Waals surface area contributed by atoms with Gasteiger partial charge in [-0.15, -0.1) is 0 Å². The second-order valence-electron chi connectivity index (χ2n) is 9.47. The smallest absolute Gasteiger partial charge is 0.290 e. The highest BCUT2D eigenvalue weighted by Gasteiger charge is 2.44. The predicted molar refractivity (Wildman–Crippen MR) is 150 cm³/mol. The van der Waals surface area contributed by atoms with Crippen LogP contribution in [0.3, 0.4) is 0 Å². The number of aliphatic hydroxyl groups excluding tert-OH is 1. The molecule has 0 radical (unpaired) electrons. The normalized spacial score (nSPS) is 15.2. The van der Waals surface area contributed by atoms with Crippen LogP contribution in [-0.2, 0) is 16.1 Å². The third-order valence-electron chi connectivity index (χ3n) is 6.80. The van der Waals surface area contributed by atoms with Crippen LogP contribution in [0.2, 0.25) is 5.02 Å². The second kappa shape index (κ2) is 11.5. The van der Waals surface area contributed by atoms with Gasteiger partial charge in [0.2, 0.25) is 5.78 Å². The molecule has 40 heavy (non-hydrogen) atoms. The van der Waals surface area contributed by atoms with Gasteiger partial charge in [0, 0.05) is 30.1 Å². The van der Waals surface area contributed by atoms with Crippen LogP contribution in [0.5, 0.6) is 11.5 Å². The number of carbonyl (C=O) groups is 2. The van der Waals surface area contributed by atoms with Crippen LogP contribution < -0.4 is 9.47 Å². The van der Waals surface area contributed by atoms with Crippen molar-refractivity contribution < 1.29 is 33.3 Å². The van der Waals surface area contributed by atoms with E-state index in [2.05, 4.69) is 0 Å². The van der Waals surface area contributed by atoms with E-state index >= 15 is 0 Å². The van der Waals surface area contributed by atoms with E-state index in [0.29, 0.717) is 39.7 Å². The minimum absolute atomic E-state index is 0.0541. The van der Waals surface area contributed by atoms with Crippen LogP contribution in [-0.4, -0.2) is 49.1 Å². The average Bonchev–Trinajstić information content (AvgIpc) is 3.49. The van der Waals surface area contributed by atoms with Gasteiger partial charge in [0.15, 0.2) is 22.9 Å². The number of aliphatic hydroxyl groups is 1. The molecule has 0 saturated carbocycles. The van der Waals surface area contributed by atoms with E-state index in [1.165, 1.54) is 30.7 Å². The van der Waals surface area contributed by atoms with Crippen molar-refractivity contribution in [3.8, 4) is 11.5 Å². The lowest BCUT2D eigenvalue weighted by Crippen LogP contribution is -2.34. The summed E-state index contributed by atoms with van der Waals surface area (Å²) in [6, 6.07) is 19.0. The van der Waals surface area contributed by atoms with Crippen LogP contribution in [0.25, 0.3) is 11.0 Å². The van der Waals surface area contributed by atoms with Gasteiger partial charge in [0.05, 0.1) is 25.3 Å². The maximum Gasteiger partial charge on any atom is 0.290 e. The Labute approximate surface area is 236 Å². The fourth-order valence-corrected chi connectivity index (χ4v) is 4.95. The highest BCUT2D eigenvalue weighted by Crippen LogP contribution is 2.41. The highest BCUT2D eigenvalue weighted by atomic mass is 35.5. The molecule has 206 valence electrons. The molecule has 5 rings (SSSR count). The zero-order valence-corrected chi connectivity index (χ0v) is 23.0. The molecule has 1 atom stereocenters. The number of hydrogen-bond donors (Lipinski definition) is 1. The Morgan fingerprint density at radius 3 is 2.45 bits per heavy atom. The van der Waals surface area contributed by atoms with Gasteiger partial charge in [0.25, 0.3) is 5.91 Å². The first-order chi connectivity index (χ1) is 19.3. The molecule has 1 aliphatic heterocycles. The van der Waals surface area contributed by atoms with Gasteiger partial charge in [0.1, 0.15) is 12.4 Å². The second-order valence-corrected chi connectivity index (χ2v) is 9.90. The monoisotopic (exact) mass is 561 g/mol. The van der Waals surface area contributed by atoms with Gasteiger partial charge in [-0.05, 0) is 42.3 Å². The number of ketones is 1. The quantitative estimate of drug-likeness (QED) is 0.230. The molecule has 1 aromatic heterocycles. The van der Waals surface area contributed by atoms with E-state index in [1.807, 2.05) is 31.2 Å². The fourth-order valence-electron chi connectivity index (χ4n) is 4.73. The van der Waals surface area contributed by atoms with Crippen LogP contribution in [0.4, 0.5) is 0 Å². The number of carbonyl (C=O) groups excluding carboxylic acids is 2. The van der Waals surface area contributed by atoms with E-state index in [0.717, 1.165) is 5.56 Å². The Balaban J connectivity index is 1.46. The highest BCUT2D eigenvalue weighted by molar-refractivity contribution is 6.31. The third kappa shape index (κ3) is 5.28. The first-order valence-corrected chi connectivity index (χ1v) is 13.0. The summed E-state index contributed by atoms with van der Waals surface area (Å²) >= 11 is 6.18. The number of hydrogen-bond acceptors (Lipinski definition) is 7. The third-order valence-corrected chi connectivity index (χ3v) is 7.02. The summed E-state index contributed by atoms with van der Waals surface area (Å²) in [5.41, 5.74) is 3.08.